The molecule has 0 aromatic heterocycles. The van der Waals surface area contributed by atoms with E-state index in [1.165, 1.54) is 0 Å². The van der Waals surface area contributed by atoms with Gasteiger partial charge in [0, 0.05) is 37.8 Å². The van der Waals surface area contributed by atoms with E-state index in [0.717, 1.165) is 30.8 Å². The molecule has 106 valence electrons. The second kappa shape index (κ2) is 6.31. The third-order valence-corrected chi connectivity index (χ3v) is 7.53. The lowest BCUT2D eigenvalue weighted by Gasteiger charge is -2.34. The lowest BCUT2D eigenvalue weighted by molar-refractivity contribution is 0.263. The normalized spacial score (nSPS) is 28.1. The van der Waals surface area contributed by atoms with Crippen LogP contribution in [0, 0.1) is 5.92 Å². The van der Waals surface area contributed by atoms with Crippen LogP contribution in [0.5, 0.6) is 0 Å². The largest absolute Gasteiger partial charge is 0.282 e. The van der Waals surface area contributed by atoms with E-state index in [9.17, 15) is 8.42 Å². The fourth-order valence-corrected chi connectivity index (χ4v) is 5.74. The van der Waals surface area contributed by atoms with E-state index < -0.39 is 10.2 Å². The molecular formula is C11H21ClN2O2S2. The molecule has 0 N–H and O–H groups in total. The Balaban J connectivity index is 1.98. The van der Waals surface area contributed by atoms with Gasteiger partial charge in [-0.25, -0.2) is 0 Å². The van der Waals surface area contributed by atoms with Crippen LogP contribution in [0.1, 0.15) is 19.3 Å². The number of halogens is 1. The Morgan fingerprint density at radius 1 is 1.33 bits per heavy atom. The van der Waals surface area contributed by atoms with Crippen LogP contribution in [-0.4, -0.2) is 60.6 Å². The minimum Gasteiger partial charge on any atom is -0.195 e. The molecule has 0 aromatic carbocycles. The van der Waals surface area contributed by atoms with E-state index in [-0.39, 0.29) is 6.04 Å². The van der Waals surface area contributed by atoms with Crippen LogP contribution in [0.3, 0.4) is 0 Å². The van der Waals surface area contributed by atoms with Gasteiger partial charge in [-0.15, -0.1) is 11.6 Å². The van der Waals surface area contributed by atoms with Crippen molar-refractivity contribution in [2.45, 2.75) is 25.3 Å². The maximum atomic E-state index is 12.5. The van der Waals surface area contributed by atoms with E-state index in [0.29, 0.717) is 24.9 Å². The van der Waals surface area contributed by atoms with Crippen LogP contribution in [-0.2, 0) is 10.2 Å². The van der Waals surface area contributed by atoms with Crippen molar-refractivity contribution >= 4 is 33.6 Å². The molecule has 2 heterocycles. The minimum atomic E-state index is -3.27. The van der Waals surface area contributed by atoms with Crippen molar-refractivity contribution in [2.75, 3.05) is 37.5 Å². The summed E-state index contributed by atoms with van der Waals surface area (Å²) in [4.78, 5) is 0. The molecule has 2 rings (SSSR count). The van der Waals surface area contributed by atoms with Crippen LogP contribution in [0.25, 0.3) is 0 Å². The lowest BCUT2D eigenvalue weighted by Crippen LogP contribution is -2.49. The molecule has 2 fully saturated rings. The SMILES string of the molecule is CN(C1CCSC1)S(=O)(=O)N1CCC(CCl)CC1. The Labute approximate surface area is 119 Å². The highest BCUT2D eigenvalue weighted by Gasteiger charge is 2.35. The van der Waals surface area contributed by atoms with Gasteiger partial charge in [0.05, 0.1) is 0 Å². The van der Waals surface area contributed by atoms with Crippen molar-refractivity contribution in [3.63, 3.8) is 0 Å². The van der Waals surface area contributed by atoms with E-state index in [1.54, 1.807) is 15.7 Å². The van der Waals surface area contributed by atoms with E-state index in [1.807, 2.05) is 11.8 Å². The standard InChI is InChI=1S/C11H21ClN2O2S2/c1-13(11-4-7-17-9-11)18(15,16)14-5-2-10(8-12)3-6-14/h10-11H,2-9H2,1H3. The van der Waals surface area contributed by atoms with Crippen LogP contribution < -0.4 is 0 Å². The first-order valence-electron chi connectivity index (χ1n) is 6.42. The van der Waals surface area contributed by atoms with Crippen molar-refractivity contribution in [2.24, 2.45) is 5.92 Å². The number of nitrogens with zero attached hydrogens (tertiary/aromatic N) is 2. The molecule has 2 saturated heterocycles. The van der Waals surface area contributed by atoms with E-state index in [2.05, 4.69) is 0 Å². The molecule has 0 bridgehead atoms. The van der Waals surface area contributed by atoms with E-state index >= 15 is 0 Å². The third kappa shape index (κ3) is 3.15. The smallest absolute Gasteiger partial charge is 0.195 e. The molecular weight excluding hydrogens is 292 g/mol. The van der Waals surface area contributed by atoms with Crippen molar-refractivity contribution < 1.29 is 8.42 Å². The zero-order chi connectivity index (χ0) is 13.2. The van der Waals surface area contributed by atoms with Gasteiger partial charge in [-0.2, -0.15) is 28.8 Å². The predicted octanol–water partition coefficient (Wildman–Crippen LogP) is 1.62. The molecule has 0 saturated carbocycles. The summed E-state index contributed by atoms with van der Waals surface area (Å²) in [5.41, 5.74) is 0. The van der Waals surface area contributed by atoms with Crippen LogP contribution >= 0.6 is 23.4 Å². The summed E-state index contributed by atoms with van der Waals surface area (Å²) in [5, 5.41) is 0. The fraction of sp³-hybridized carbons (Fsp3) is 1.00. The number of thioether (sulfide) groups is 1. The molecule has 1 unspecified atom stereocenters. The molecule has 2 aliphatic heterocycles. The molecule has 0 aromatic rings. The van der Waals surface area contributed by atoms with Gasteiger partial charge in [0.25, 0.3) is 10.2 Å². The van der Waals surface area contributed by atoms with Crippen molar-refractivity contribution in [1.82, 2.24) is 8.61 Å². The number of piperidine rings is 1. The summed E-state index contributed by atoms with van der Waals surface area (Å²) in [7, 11) is -1.55. The molecule has 0 amide bonds. The molecule has 7 heteroatoms. The first kappa shape index (κ1) is 14.9. The van der Waals surface area contributed by atoms with Crippen molar-refractivity contribution in [1.29, 1.82) is 0 Å². The summed E-state index contributed by atoms with van der Waals surface area (Å²) < 4.78 is 28.2. The van der Waals surface area contributed by atoms with Crippen LogP contribution in [0.15, 0.2) is 0 Å². The second-order valence-electron chi connectivity index (χ2n) is 5.04. The van der Waals surface area contributed by atoms with Gasteiger partial charge in [-0.3, -0.25) is 0 Å². The van der Waals surface area contributed by atoms with Gasteiger partial charge >= 0.3 is 0 Å². The molecule has 0 radical (unpaired) electrons. The predicted molar refractivity (Wildman–Crippen MR) is 77.4 cm³/mol. The highest BCUT2D eigenvalue weighted by molar-refractivity contribution is 7.99. The zero-order valence-corrected chi connectivity index (χ0v) is 13.1. The average molecular weight is 313 g/mol. The molecule has 0 aliphatic carbocycles. The maximum absolute atomic E-state index is 12.5. The molecule has 18 heavy (non-hydrogen) atoms. The van der Waals surface area contributed by atoms with Gasteiger partial charge in [0.2, 0.25) is 0 Å². The van der Waals surface area contributed by atoms with Gasteiger partial charge in [-0.05, 0) is 30.9 Å². The summed E-state index contributed by atoms with van der Waals surface area (Å²) in [6.45, 7) is 1.23. The summed E-state index contributed by atoms with van der Waals surface area (Å²) in [6.07, 6.45) is 2.74. The molecule has 2 aliphatic rings. The highest BCUT2D eigenvalue weighted by atomic mass is 35.5. The molecule has 0 spiro atoms. The molecule has 1 atom stereocenters. The summed E-state index contributed by atoms with van der Waals surface area (Å²) in [6, 6.07) is 0.172. The Hall–Kier alpha value is 0.510. The Morgan fingerprint density at radius 2 is 2.00 bits per heavy atom. The first-order valence-corrected chi connectivity index (χ1v) is 9.51. The Kier molecular flexibility index (Phi) is 5.22. The molecule has 4 nitrogen and oxygen atoms in total. The number of rotatable bonds is 4. The monoisotopic (exact) mass is 312 g/mol. The second-order valence-corrected chi connectivity index (χ2v) is 8.48. The van der Waals surface area contributed by atoms with Crippen LogP contribution in [0.2, 0.25) is 0 Å². The van der Waals surface area contributed by atoms with Gasteiger partial charge in [-0.1, -0.05) is 0 Å². The number of hydrogen-bond acceptors (Lipinski definition) is 3. The highest BCUT2D eigenvalue weighted by Crippen LogP contribution is 2.27. The Bertz CT molecular complexity index is 363. The summed E-state index contributed by atoms with van der Waals surface area (Å²) in [5.74, 6) is 3.11. The van der Waals surface area contributed by atoms with E-state index in [4.69, 9.17) is 11.6 Å². The quantitative estimate of drug-likeness (QED) is 0.741. The van der Waals surface area contributed by atoms with Crippen molar-refractivity contribution in [3.8, 4) is 0 Å². The first-order chi connectivity index (χ1) is 8.55. The Morgan fingerprint density at radius 3 is 2.50 bits per heavy atom. The average Bonchev–Trinajstić information content (AvgIpc) is 2.91. The fourth-order valence-electron chi connectivity index (χ4n) is 2.47. The summed E-state index contributed by atoms with van der Waals surface area (Å²) >= 11 is 7.66. The lowest BCUT2D eigenvalue weighted by atomic mass is 10.0. The number of hydrogen-bond donors (Lipinski definition) is 0. The van der Waals surface area contributed by atoms with Crippen molar-refractivity contribution in [3.05, 3.63) is 0 Å². The topological polar surface area (TPSA) is 40.6 Å². The minimum absolute atomic E-state index is 0.172. The van der Waals surface area contributed by atoms with Gasteiger partial charge in [0.1, 0.15) is 0 Å². The zero-order valence-electron chi connectivity index (χ0n) is 10.7. The van der Waals surface area contributed by atoms with Gasteiger partial charge < -0.3 is 0 Å². The van der Waals surface area contributed by atoms with Crippen LogP contribution in [0.4, 0.5) is 0 Å². The third-order valence-electron chi connectivity index (χ3n) is 3.90. The number of alkyl halides is 1. The maximum Gasteiger partial charge on any atom is 0.282 e. The van der Waals surface area contributed by atoms with Gasteiger partial charge in [0.15, 0.2) is 0 Å².